The zero-order valence-corrected chi connectivity index (χ0v) is 24.9. The maximum atomic E-state index is 10.3. The number of benzene rings is 1. The third kappa shape index (κ3) is 9.83. The quantitative estimate of drug-likeness (QED) is 0.251. The molecule has 2 aromatic rings. The maximum Gasteiger partial charge on any atom is 0.142 e. The number of aromatic nitrogens is 1. The molecule has 0 N–H and O–H groups in total. The van der Waals surface area contributed by atoms with Crippen molar-refractivity contribution in [2.45, 2.75) is 67.2 Å². The molecule has 3 rings (SSSR count). The van der Waals surface area contributed by atoms with Crippen molar-refractivity contribution in [3.05, 3.63) is 105 Å². The van der Waals surface area contributed by atoms with Crippen molar-refractivity contribution in [2.24, 2.45) is 5.18 Å². The number of hydrogen-bond donors (Lipinski definition) is 0. The Balaban J connectivity index is 0.000000369. The first kappa shape index (κ1) is 32.1. The van der Waals surface area contributed by atoms with Gasteiger partial charge in [0.15, 0.2) is 0 Å². The minimum Gasteiger partial charge on any atom is -0.495 e. The summed E-state index contributed by atoms with van der Waals surface area (Å²) < 4.78 is 5.39. The number of nitroso groups, excluding NO2 is 1. The number of hydrogen-bond acceptors (Lipinski definition) is 5. The fourth-order valence-corrected chi connectivity index (χ4v) is 3.63. The van der Waals surface area contributed by atoms with Crippen molar-refractivity contribution in [3.8, 4) is 11.3 Å². The molecule has 0 atom stereocenters. The summed E-state index contributed by atoms with van der Waals surface area (Å²) in [6.45, 7) is 15.0. The van der Waals surface area contributed by atoms with E-state index < -0.39 is 0 Å². The van der Waals surface area contributed by atoms with Gasteiger partial charge in [0.25, 0.3) is 0 Å². The van der Waals surface area contributed by atoms with Gasteiger partial charge in [0, 0.05) is 37.4 Å². The van der Waals surface area contributed by atoms with Gasteiger partial charge in [-0.1, -0.05) is 60.9 Å². The number of pyridine rings is 1. The summed E-state index contributed by atoms with van der Waals surface area (Å²) in [6.07, 6.45) is 10.0. The molecule has 0 amide bonds. The second kappa shape index (κ2) is 16.1. The zero-order valence-electron chi connectivity index (χ0n) is 23.5. The molecule has 1 aliphatic rings. The van der Waals surface area contributed by atoms with Crippen molar-refractivity contribution in [2.75, 3.05) is 13.7 Å². The molecule has 0 saturated carbocycles. The summed E-state index contributed by atoms with van der Waals surface area (Å²) in [5, 5.41) is 2.92. The van der Waals surface area contributed by atoms with Gasteiger partial charge < -0.3 is 9.64 Å². The number of nitrogens with zero attached hydrogens (tertiary/aromatic N) is 3. The topological polar surface area (TPSA) is 54.8 Å². The average Bonchev–Trinajstić information content (AvgIpc) is 2.87. The number of methoxy groups -OCH3 is 1. The maximum absolute atomic E-state index is 10.3. The molecule has 1 aromatic heterocycles. The van der Waals surface area contributed by atoms with Crippen molar-refractivity contribution in [1.29, 1.82) is 0 Å². The van der Waals surface area contributed by atoms with Crippen LogP contribution in [-0.4, -0.2) is 23.5 Å². The number of aryl methyl sites for hydroxylation is 1. The third-order valence-corrected chi connectivity index (χ3v) is 5.89. The van der Waals surface area contributed by atoms with E-state index in [1.165, 1.54) is 16.7 Å². The van der Waals surface area contributed by atoms with Crippen molar-refractivity contribution < 1.29 is 23.3 Å². The molecule has 0 fully saturated rings. The van der Waals surface area contributed by atoms with Crippen LogP contribution < -0.4 is 0 Å². The smallest absolute Gasteiger partial charge is 0.142 e. The van der Waals surface area contributed by atoms with Crippen LogP contribution in [0.1, 0.15) is 70.7 Å². The molecule has 0 spiro atoms. The van der Waals surface area contributed by atoms with Crippen LogP contribution in [0.25, 0.3) is 11.3 Å². The van der Waals surface area contributed by atoms with Gasteiger partial charge in [0.05, 0.1) is 19.4 Å². The van der Waals surface area contributed by atoms with Crippen LogP contribution in [0.15, 0.2) is 82.7 Å². The Hall–Kier alpha value is -2.89. The van der Waals surface area contributed by atoms with E-state index in [-0.39, 0.29) is 25.1 Å². The largest absolute Gasteiger partial charge is 0.495 e. The molecule has 1 aromatic carbocycles. The number of allylic oxidation sites excluding steroid dienone is 4. The summed E-state index contributed by atoms with van der Waals surface area (Å²) in [5.41, 5.74) is 8.79. The fourth-order valence-electron chi connectivity index (χ4n) is 3.63. The Morgan fingerprint density at radius 1 is 1.22 bits per heavy atom. The van der Waals surface area contributed by atoms with Gasteiger partial charge in [-0.25, -0.2) is 0 Å². The molecule has 197 valence electrons. The monoisotopic (exact) mass is 537 g/mol. The van der Waals surface area contributed by atoms with E-state index in [4.69, 9.17) is 4.74 Å². The summed E-state index contributed by atoms with van der Waals surface area (Å²) in [6, 6.07) is 13.6. The standard InChI is InChI=1S/C17H19N2O.C14H21NO.V/c1-12(2)15-10-16(8-9-18-20)19-17(11-15)14-6-4-13(3)5-7-14;1-6-11(3)9-15-10-12(4)8-14(16-5)13(15)7-2;/h4-7,10,12H,8-9H2,1-3H3;7-10H,6H2,1-5H3;/q-1;;/b;11-9+,13-7+;. The molecule has 1 radical (unpaired) electrons. The Kier molecular flexibility index (Phi) is 14.0. The van der Waals surface area contributed by atoms with Crippen molar-refractivity contribution in [1.82, 2.24) is 9.88 Å². The minimum absolute atomic E-state index is 0. The van der Waals surface area contributed by atoms with Gasteiger partial charge in [-0.05, 0) is 63.1 Å². The number of rotatable bonds is 8. The normalized spacial score (nSPS) is 14.4. The van der Waals surface area contributed by atoms with E-state index in [0.717, 1.165) is 40.4 Å². The van der Waals surface area contributed by atoms with Gasteiger partial charge in [-0.15, -0.1) is 18.2 Å². The van der Waals surface area contributed by atoms with Gasteiger partial charge in [0.2, 0.25) is 0 Å². The minimum atomic E-state index is 0. The second-order valence-corrected chi connectivity index (χ2v) is 9.30. The van der Waals surface area contributed by atoms with Gasteiger partial charge >= 0.3 is 0 Å². The van der Waals surface area contributed by atoms with Crippen LogP contribution >= 0.6 is 0 Å². The first-order chi connectivity index (χ1) is 17.2. The van der Waals surface area contributed by atoms with Crippen LogP contribution in [0, 0.1) is 17.9 Å². The Bertz CT molecular complexity index is 1150. The molecule has 37 heavy (non-hydrogen) atoms. The molecule has 1 aliphatic heterocycles. The first-order valence-corrected chi connectivity index (χ1v) is 12.6. The van der Waals surface area contributed by atoms with Crippen LogP contribution in [-0.2, 0) is 29.7 Å². The molecule has 0 saturated heterocycles. The molecule has 5 nitrogen and oxygen atoms in total. The third-order valence-electron chi connectivity index (χ3n) is 5.89. The number of ether oxygens (including phenoxy) is 1. The van der Waals surface area contributed by atoms with E-state index >= 15 is 0 Å². The summed E-state index contributed by atoms with van der Waals surface area (Å²) in [7, 11) is 1.71. The molecular weight excluding hydrogens is 497 g/mol. The fraction of sp³-hybridized carbons (Fsp3) is 0.387. The van der Waals surface area contributed by atoms with Crippen LogP contribution in [0.3, 0.4) is 0 Å². The van der Waals surface area contributed by atoms with E-state index in [1.807, 2.05) is 13.0 Å². The molecule has 2 heterocycles. The molecule has 0 bridgehead atoms. The molecular formula is C31H40N3O2V-. The molecule has 0 unspecified atom stereocenters. The molecule has 0 aliphatic carbocycles. The summed E-state index contributed by atoms with van der Waals surface area (Å²) >= 11 is 0. The second-order valence-electron chi connectivity index (χ2n) is 9.30. The SMILES string of the molecule is C/C=C1\C(OC)=CC(C)=CN1/C=C(\C)CC.Cc1ccc(-c2[c-]c(C(C)C)cc(CCN=O)n2)cc1.[V]. The van der Waals surface area contributed by atoms with Crippen molar-refractivity contribution in [3.63, 3.8) is 0 Å². The Morgan fingerprint density at radius 2 is 1.89 bits per heavy atom. The Labute approximate surface area is 235 Å². The first-order valence-electron chi connectivity index (χ1n) is 12.6. The summed E-state index contributed by atoms with van der Waals surface area (Å²) in [5.74, 6) is 1.30. The predicted octanol–water partition coefficient (Wildman–Crippen LogP) is 8.24. The van der Waals surface area contributed by atoms with E-state index in [9.17, 15) is 4.91 Å². The van der Waals surface area contributed by atoms with Crippen molar-refractivity contribution >= 4 is 0 Å². The average molecular weight is 538 g/mol. The van der Waals surface area contributed by atoms with E-state index in [2.05, 4.69) is 111 Å². The van der Waals surface area contributed by atoms with E-state index in [0.29, 0.717) is 12.3 Å². The van der Waals surface area contributed by atoms with Crippen LogP contribution in [0.2, 0.25) is 0 Å². The zero-order chi connectivity index (χ0) is 26.7. The van der Waals surface area contributed by atoms with Gasteiger partial charge in [-0.2, -0.15) is 16.5 Å². The van der Waals surface area contributed by atoms with Crippen LogP contribution in [0.5, 0.6) is 0 Å². The van der Waals surface area contributed by atoms with Gasteiger partial charge in [-0.3, -0.25) is 4.98 Å². The predicted molar refractivity (Wildman–Crippen MR) is 150 cm³/mol. The van der Waals surface area contributed by atoms with Gasteiger partial charge in [0.1, 0.15) is 5.76 Å². The molecule has 6 heteroatoms. The Morgan fingerprint density at radius 3 is 2.43 bits per heavy atom. The summed E-state index contributed by atoms with van der Waals surface area (Å²) in [4.78, 5) is 17.0. The van der Waals surface area contributed by atoms with Crippen LogP contribution in [0.4, 0.5) is 0 Å². The van der Waals surface area contributed by atoms with E-state index in [1.54, 1.807) is 7.11 Å².